The first kappa shape index (κ1) is 18.5. The monoisotopic (exact) mass is 350 g/mol. The molecule has 1 fully saturated rings. The van der Waals surface area contributed by atoms with Crippen molar-refractivity contribution in [1.82, 2.24) is 20.0 Å². The van der Waals surface area contributed by atoms with Crippen LogP contribution in [-0.4, -0.2) is 79.6 Å². The fourth-order valence-electron chi connectivity index (χ4n) is 2.49. The Bertz CT molecular complexity index is 556. The minimum atomic E-state index is 0.124. The van der Waals surface area contributed by atoms with Gasteiger partial charge in [-0.1, -0.05) is 12.1 Å². The van der Waals surface area contributed by atoms with Gasteiger partial charge in [-0.2, -0.15) is 0 Å². The topological polar surface area (TPSA) is 48.1 Å². The van der Waals surface area contributed by atoms with E-state index in [4.69, 9.17) is 17.0 Å². The average molecular weight is 350 g/mol. The lowest BCUT2D eigenvalue weighted by Crippen LogP contribution is -2.51. The van der Waals surface area contributed by atoms with Gasteiger partial charge in [-0.25, -0.2) is 0 Å². The van der Waals surface area contributed by atoms with Gasteiger partial charge in [0.25, 0.3) is 0 Å². The number of amides is 1. The third kappa shape index (κ3) is 5.35. The summed E-state index contributed by atoms with van der Waals surface area (Å²) in [6.45, 7) is 4.35. The number of piperazine rings is 1. The molecule has 1 aliphatic heterocycles. The van der Waals surface area contributed by atoms with Crippen LogP contribution in [0.3, 0.4) is 0 Å². The van der Waals surface area contributed by atoms with E-state index in [9.17, 15) is 4.79 Å². The lowest BCUT2D eigenvalue weighted by atomic mass is 10.2. The van der Waals surface area contributed by atoms with Crippen molar-refractivity contribution in [3.05, 3.63) is 29.8 Å². The third-order valence-corrected chi connectivity index (χ3v) is 4.63. The average Bonchev–Trinajstić information content (AvgIpc) is 2.60. The number of nitrogens with zero attached hydrogens (tertiary/aromatic N) is 3. The quantitative estimate of drug-likeness (QED) is 0.792. The number of carbonyl (C=O) groups excluding carboxylic acids is 1. The summed E-state index contributed by atoms with van der Waals surface area (Å²) in [6, 6.07) is 7.81. The van der Waals surface area contributed by atoms with E-state index < -0.39 is 0 Å². The van der Waals surface area contributed by atoms with Crippen molar-refractivity contribution in [2.24, 2.45) is 0 Å². The Morgan fingerprint density at radius 2 is 1.88 bits per heavy atom. The van der Waals surface area contributed by atoms with Crippen LogP contribution < -0.4 is 10.1 Å². The maximum atomic E-state index is 12.3. The summed E-state index contributed by atoms with van der Waals surface area (Å²) in [7, 11) is 5.57. The molecule has 1 heterocycles. The minimum absolute atomic E-state index is 0.124. The predicted molar refractivity (Wildman–Crippen MR) is 99.1 cm³/mol. The van der Waals surface area contributed by atoms with E-state index in [1.807, 2.05) is 36.2 Å². The molecule has 0 bridgehead atoms. The minimum Gasteiger partial charge on any atom is -0.497 e. The van der Waals surface area contributed by atoms with Gasteiger partial charge in [0.2, 0.25) is 5.91 Å². The molecule has 1 aromatic carbocycles. The first-order valence-corrected chi connectivity index (χ1v) is 8.48. The van der Waals surface area contributed by atoms with Gasteiger partial charge in [0.15, 0.2) is 5.11 Å². The molecule has 0 atom stereocenters. The van der Waals surface area contributed by atoms with Gasteiger partial charge in [0.1, 0.15) is 5.75 Å². The number of hydrogen-bond donors (Lipinski definition) is 1. The number of likely N-dealkylation sites (N-methyl/N-ethyl adjacent to an activating group) is 2. The van der Waals surface area contributed by atoms with Crippen LogP contribution in [0.1, 0.15) is 5.56 Å². The van der Waals surface area contributed by atoms with Gasteiger partial charge in [0.05, 0.1) is 13.7 Å². The number of hydrogen-bond acceptors (Lipinski definition) is 4. The van der Waals surface area contributed by atoms with Gasteiger partial charge in [0, 0.05) is 39.8 Å². The summed E-state index contributed by atoms with van der Waals surface area (Å²) in [6.07, 6.45) is 0. The smallest absolute Gasteiger partial charge is 0.242 e. The molecule has 1 aliphatic rings. The summed E-state index contributed by atoms with van der Waals surface area (Å²) in [5, 5.41) is 3.77. The number of carbonyl (C=O) groups is 1. The van der Waals surface area contributed by atoms with E-state index in [0.29, 0.717) is 18.2 Å². The van der Waals surface area contributed by atoms with Crippen LogP contribution in [0.5, 0.6) is 5.75 Å². The Balaban J connectivity index is 1.75. The van der Waals surface area contributed by atoms with E-state index >= 15 is 0 Å². The van der Waals surface area contributed by atoms with Crippen molar-refractivity contribution in [1.29, 1.82) is 0 Å². The van der Waals surface area contributed by atoms with Crippen molar-refractivity contribution in [3.8, 4) is 5.75 Å². The van der Waals surface area contributed by atoms with Gasteiger partial charge < -0.3 is 24.8 Å². The second kappa shape index (κ2) is 8.84. The second-order valence-electron chi connectivity index (χ2n) is 6.05. The molecule has 0 aromatic heterocycles. The molecule has 6 nitrogen and oxygen atoms in total. The molecule has 1 amide bonds. The highest BCUT2D eigenvalue weighted by Crippen LogP contribution is 2.11. The number of rotatable bonds is 5. The number of methoxy groups -OCH3 is 1. The van der Waals surface area contributed by atoms with Crippen LogP contribution in [0, 0.1) is 0 Å². The lowest BCUT2D eigenvalue weighted by molar-refractivity contribution is -0.132. The van der Waals surface area contributed by atoms with Crippen LogP contribution >= 0.6 is 12.2 Å². The molecule has 0 unspecified atom stereocenters. The van der Waals surface area contributed by atoms with Crippen molar-refractivity contribution < 1.29 is 9.53 Å². The molecule has 1 aromatic rings. The number of nitrogens with one attached hydrogen (secondary N) is 1. The van der Waals surface area contributed by atoms with Crippen molar-refractivity contribution in [2.45, 2.75) is 6.54 Å². The van der Waals surface area contributed by atoms with E-state index in [0.717, 1.165) is 37.5 Å². The second-order valence-corrected chi connectivity index (χ2v) is 6.43. The van der Waals surface area contributed by atoms with E-state index in [1.54, 1.807) is 12.0 Å². The molecule has 7 heteroatoms. The Hall–Kier alpha value is -1.86. The largest absolute Gasteiger partial charge is 0.497 e. The first-order valence-electron chi connectivity index (χ1n) is 8.08. The van der Waals surface area contributed by atoms with Crippen LogP contribution in [0.15, 0.2) is 24.3 Å². The standard InChI is InChI=1S/C17H26N4O2S/c1-19-8-10-21(11-9-19)16(22)13-20(2)17(24)18-12-14-4-6-15(23-3)7-5-14/h4-7H,8-13H2,1-3H3,(H,18,24). The number of benzene rings is 1. The molecule has 0 radical (unpaired) electrons. The highest BCUT2D eigenvalue weighted by molar-refractivity contribution is 7.80. The van der Waals surface area contributed by atoms with E-state index in [1.165, 1.54) is 0 Å². The summed E-state index contributed by atoms with van der Waals surface area (Å²) < 4.78 is 5.14. The van der Waals surface area contributed by atoms with Gasteiger partial charge >= 0.3 is 0 Å². The van der Waals surface area contributed by atoms with Crippen LogP contribution in [0.25, 0.3) is 0 Å². The molecule has 1 N–H and O–H groups in total. The summed E-state index contributed by atoms with van der Waals surface area (Å²) in [5.74, 6) is 0.954. The Morgan fingerprint density at radius 3 is 2.46 bits per heavy atom. The summed E-state index contributed by atoms with van der Waals surface area (Å²) in [5.41, 5.74) is 1.11. The molecule has 132 valence electrons. The SMILES string of the molecule is COc1ccc(CNC(=S)N(C)CC(=O)N2CCN(C)CC2)cc1. The maximum absolute atomic E-state index is 12.3. The van der Waals surface area contributed by atoms with Crippen molar-refractivity contribution in [2.75, 3.05) is 53.9 Å². The van der Waals surface area contributed by atoms with Gasteiger partial charge in [-0.15, -0.1) is 0 Å². The summed E-state index contributed by atoms with van der Waals surface area (Å²) in [4.78, 5) is 18.3. The first-order chi connectivity index (χ1) is 11.5. The fourth-order valence-corrected chi connectivity index (χ4v) is 2.62. The van der Waals surface area contributed by atoms with E-state index in [-0.39, 0.29) is 5.91 Å². The summed E-state index contributed by atoms with van der Waals surface area (Å²) >= 11 is 5.37. The van der Waals surface area contributed by atoms with Gasteiger partial charge in [-0.05, 0) is 37.0 Å². The van der Waals surface area contributed by atoms with E-state index in [2.05, 4.69) is 17.3 Å². The maximum Gasteiger partial charge on any atom is 0.242 e. The normalized spacial score (nSPS) is 15.0. The zero-order valence-electron chi connectivity index (χ0n) is 14.6. The zero-order valence-corrected chi connectivity index (χ0v) is 15.4. The number of thiocarbonyl (C=S) groups is 1. The van der Waals surface area contributed by atoms with Crippen LogP contribution in [-0.2, 0) is 11.3 Å². The molecule has 0 aliphatic carbocycles. The molecule has 0 spiro atoms. The molecule has 24 heavy (non-hydrogen) atoms. The zero-order chi connectivity index (χ0) is 17.5. The highest BCUT2D eigenvalue weighted by atomic mass is 32.1. The molecule has 1 saturated heterocycles. The molecule has 2 rings (SSSR count). The fraction of sp³-hybridized carbons (Fsp3) is 0.529. The lowest BCUT2D eigenvalue weighted by Gasteiger charge is -2.33. The Kier molecular flexibility index (Phi) is 6.81. The van der Waals surface area contributed by atoms with Gasteiger partial charge in [-0.3, -0.25) is 4.79 Å². The van der Waals surface area contributed by atoms with Crippen LogP contribution in [0.2, 0.25) is 0 Å². The Labute approximate surface area is 149 Å². The number of ether oxygens (including phenoxy) is 1. The van der Waals surface area contributed by atoms with Crippen molar-refractivity contribution >= 4 is 23.2 Å². The molecular formula is C17H26N4O2S. The molecular weight excluding hydrogens is 324 g/mol. The Morgan fingerprint density at radius 1 is 1.25 bits per heavy atom. The third-order valence-electron chi connectivity index (χ3n) is 4.18. The molecule has 0 saturated carbocycles. The highest BCUT2D eigenvalue weighted by Gasteiger charge is 2.20. The predicted octanol–water partition coefficient (Wildman–Crippen LogP) is 0.776. The van der Waals surface area contributed by atoms with Crippen LogP contribution in [0.4, 0.5) is 0 Å². The van der Waals surface area contributed by atoms with Crippen molar-refractivity contribution in [3.63, 3.8) is 0 Å².